The largest absolute Gasteiger partial charge is 0.390 e. The summed E-state index contributed by atoms with van der Waals surface area (Å²) in [5.41, 5.74) is 2.11. The van der Waals surface area contributed by atoms with E-state index in [0.717, 1.165) is 35.5 Å². The third-order valence-corrected chi connectivity index (χ3v) is 8.94. The molecule has 1 saturated heterocycles. The maximum atomic E-state index is 13.6. The molecule has 3 rings (SSSR count). The van der Waals surface area contributed by atoms with Crippen LogP contribution in [0.2, 0.25) is 0 Å². The smallest absolute Gasteiger partial charge is 0.317 e. The molecular formula is C31H49N5O4S. The van der Waals surface area contributed by atoms with Crippen molar-refractivity contribution >= 4 is 23.3 Å². The number of aromatic nitrogens is 1. The monoisotopic (exact) mass is 587 g/mol. The molecule has 41 heavy (non-hydrogen) atoms. The number of aliphatic hydroxyl groups is 2. The Morgan fingerprint density at radius 1 is 1.15 bits per heavy atom. The number of carbonyl (C=O) groups excluding carboxylic acids is 2. The molecular weight excluding hydrogens is 538 g/mol. The predicted molar refractivity (Wildman–Crippen MR) is 164 cm³/mol. The zero-order chi connectivity index (χ0) is 29.9. The molecule has 1 unspecified atom stereocenters. The lowest BCUT2D eigenvalue weighted by Crippen LogP contribution is -2.60. The summed E-state index contributed by atoms with van der Waals surface area (Å²) in [6, 6.07) is 9.11. The number of rotatable bonds is 14. The van der Waals surface area contributed by atoms with Crippen molar-refractivity contribution in [3.63, 3.8) is 0 Å². The molecule has 4 atom stereocenters. The fourth-order valence-corrected chi connectivity index (χ4v) is 6.11. The Kier molecular flexibility index (Phi) is 13.0. The van der Waals surface area contributed by atoms with Gasteiger partial charge in [-0.3, -0.25) is 9.69 Å². The number of urea groups is 1. The zero-order valence-corrected chi connectivity index (χ0v) is 26.1. The van der Waals surface area contributed by atoms with Crippen LogP contribution in [-0.2, 0) is 17.6 Å². The van der Waals surface area contributed by atoms with E-state index in [1.54, 1.807) is 21.1 Å². The third kappa shape index (κ3) is 10.1. The predicted octanol–water partition coefficient (Wildman–Crippen LogP) is 3.62. The van der Waals surface area contributed by atoms with Gasteiger partial charge in [-0.05, 0) is 44.1 Å². The molecule has 228 valence electrons. The van der Waals surface area contributed by atoms with Crippen LogP contribution in [0.15, 0.2) is 35.7 Å². The second-order valence-electron chi connectivity index (χ2n) is 11.7. The number of aliphatic hydroxyl groups excluding tert-OH is 2. The van der Waals surface area contributed by atoms with Gasteiger partial charge in [-0.1, -0.05) is 58.0 Å². The van der Waals surface area contributed by atoms with Crippen LogP contribution in [-0.4, -0.2) is 88.0 Å². The average Bonchev–Trinajstić information content (AvgIpc) is 3.41. The first kappa shape index (κ1) is 33.0. The van der Waals surface area contributed by atoms with Crippen molar-refractivity contribution in [3.8, 4) is 0 Å². The quantitative estimate of drug-likeness (QED) is 0.268. The van der Waals surface area contributed by atoms with Gasteiger partial charge >= 0.3 is 6.03 Å². The molecule has 10 heteroatoms. The van der Waals surface area contributed by atoms with Crippen molar-refractivity contribution in [2.24, 2.45) is 11.8 Å². The van der Waals surface area contributed by atoms with E-state index in [-0.39, 0.29) is 36.9 Å². The van der Waals surface area contributed by atoms with Crippen LogP contribution in [0.25, 0.3) is 0 Å². The average molecular weight is 588 g/mol. The van der Waals surface area contributed by atoms with Gasteiger partial charge in [-0.15, -0.1) is 11.3 Å². The second kappa shape index (κ2) is 16.2. The molecule has 0 saturated carbocycles. The Hall–Kier alpha value is -2.53. The molecule has 4 N–H and O–H groups in total. The summed E-state index contributed by atoms with van der Waals surface area (Å²) in [6.45, 7) is 12.1. The third-order valence-electron chi connectivity index (χ3n) is 7.74. The summed E-state index contributed by atoms with van der Waals surface area (Å²) in [7, 11) is 0. The van der Waals surface area contributed by atoms with E-state index < -0.39 is 18.4 Å². The van der Waals surface area contributed by atoms with Crippen molar-refractivity contribution in [2.45, 2.75) is 84.6 Å². The van der Waals surface area contributed by atoms with Gasteiger partial charge in [0.2, 0.25) is 5.91 Å². The number of nitrogens with zero attached hydrogens (tertiary/aromatic N) is 3. The molecule has 9 nitrogen and oxygen atoms in total. The highest BCUT2D eigenvalue weighted by Crippen LogP contribution is 2.23. The van der Waals surface area contributed by atoms with E-state index in [1.165, 1.54) is 0 Å². The van der Waals surface area contributed by atoms with Crippen LogP contribution in [0.3, 0.4) is 0 Å². The topological polar surface area (TPSA) is 118 Å². The number of thiazole rings is 1. The van der Waals surface area contributed by atoms with Crippen molar-refractivity contribution in [2.75, 3.05) is 32.7 Å². The molecule has 3 amide bonds. The van der Waals surface area contributed by atoms with Gasteiger partial charge in [0.05, 0.1) is 29.4 Å². The molecule has 2 heterocycles. The fraction of sp³-hybridized carbons (Fsp3) is 0.645. The van der Waals surface area contributed by atoms with Gasteiger partial charge in [0, 0.05) is 43.4 Å². The first-order valence-corrected chi connectivity index (χ1v) is 15.9. The van der Waals surface area contributed by atoms with Crippen LogP contribution < -0.4 is 10.6 Å². The number of amides is 3. The molecule has 0 spiro atoms. The summed E-state index contributed by atoms with van der Waals surface area (Å²) < 4.78 is 0. The zero-order valence-electron chi connectivity index (χ0n) is 25.3. The first-order valence-electron chi connectivity index (χ1n) is 15.0. The van der Waals surface area contributed by atoms with E-state index in [9.17, 15) is 19.8 Å². The first-order chi connectivity index (χ1) is 19.6. The number of nitrogens with one attached hydrogen (secondary N) is 2. The molecule has 1 fully saturated rings. The standard InChI is InChI=1S/C31H49N5O4S/c1-6-32-31(40)36-16-15-35(28(38)19-36)18-27(37)26(17-23-11-8-7-9-12-23)34-29(39)25(21(2)3)14-10-13-24-20-41-30(33-24)22(4)5/h7-9,11-12,20-22,25-28,37-38H,6,10,13-19H2,1-5H3,(H,32,40)(H,34,39)/t25-,26+,27-,28?/m1/s1. The maximum absolute atomic E-state index is 13.6. The number of aryl methyl sites for hydroxylation is 1. The van der Waals surface area contributed by atoms with E-state index in [2.05, 4.69) is 43.7 Å². The van der Waals surface area contributed by atoms with Crippen LogP contribution in [0.5, 0.6) is 0 Å². The lowest BCUT2D eigenvalue weighted by atomic mass is 9.88. The maximum Gasteiger partial charge on any atom is 0.317 e. The fourth-order valence-electron chi connectivity index (χ4n) is 5.24. The van der Waals surface area contributed by atoms with E-state index in [4.69, 9.17) is 4.98 Å². The van der Waals surface area contributed by atoms with Gasteiger partial charge in [0.25, 0.3) is 0 Å². The van der Waals surface area contributed by atoms with E-state index in [1.807, 2.05) is 37.3 Å². The van der Waals surface area contributed by atoms with Crippen molar-refractivity contribution in [1.29, 1.82) is 0 Å². The van der Waals surface area contributed by atoms with Crippen molar-refractivity contribution < 1.29 is 19.8 Å². The SMILES string of the molecule is CCNC(=O)N1CCN(C[C@@H](O)[C@H](Cc2ccccc2)NC(=O)[C@H](CCCc2csc(C(C)C)n2)C(C)C)C(O)C1. The van der Waals surface area contributed by atoms with Gasteiger partial charge in [-0.2, -0.15) is 0 Å². The summed E-state index contributed by atoms with van der Waals surface area (Å²) in [5.74, 6) is 0.328. The van der Waals surface area contributed by atoms with Crippen LogP contribution in [0.1, 0.15) is 69.6 Å². The molecule has 0 bridgehead atoms. The number of hydrogen-bond acceptors (Lipinski definition) is 7. The van der Waals surface area contributed by atoms with Crippen LogP contribution in [0, 0.1) is 11.8 Å². The van der Waals surface area contributed by atoms with E-state index in [0.29, 0.717) is 32.0 Å². The van der Waals surface area contributed by atoms with Gasteiger partial charge in [0.15, 0.2) is 0 Å². The molecule has 0 aliphatic carbocycles. The minimum atomic E-state index is -0.901. The molecule has 1 aromatic carbocycles. The van der Waals surface area contributed by atoms with Crippen molar-refractivity contribution in [3.05, 3.63) is 52.0 Å². The number of benzene rings is 1. The minimum absolute atomic E-state index is 0.0530. The Morgan fingerprint density at radius 2 is 1.88 bits per heavy atom. The molecule has 1 aliphatic heterocycles. The number of β-amino-alcohol motifs (C(OH)–C–C–N with tert-alkyl or cyclic N) is 2. The van der Waals surface area contributed by atoms with Gasteiger partial charge in [0.1, 0.15) is 6.23 Å². The Labute approximate surface area is 249 Å². The Balaban J connectivity index is 1.63. The van der Waals surface area contributed by atoms with Gasteiger partial charge in [-0.25, -0.2) is 9.78 Å². The number of carbonyl (C=O) groups is 2. The van der Waals surface area contributed by atoms with Crippen LogP contribution in [0.4, 0.5) is 4.79 Å². The lowest BCUT2D eigenvalue weighted by molar-refractivity contribution is -0.128. The number of piperazine rings is 1. The Morgan fingerprint density at radius 3 is 2.49 bits per heavy atom. The van der Waals surface area contributed by atoms with E-state index >= 15 is 0 Å². The molecule has 0 radical (unpaired) electrons. The molecule has 1 aliphatic rings. The summed E-state index contributed by atoms with van der Waals surface area (Å²) in [6.07, 6.45) is 1.14. The van der Waals surface area contributed by atoms with Crippen molar-refractivity contribution in [1.82, 2.24) is 25.4 Å². The lowest BCUT2D eigenvalue weighted by Gasteiger charge is -2.40. The highest BCUT2D eigenvalue weighted by atomic mass is 32.1. The highest BCUT2D eigenvalue weighted by molar-refractivity contribution is 7.09. The molecule has 2 aromatic rings. The summed E-state index contributed by atoms with van der Waals surface area (Å²) >= 11 is 1.70. The molecule has 1 aromatic heterocycles. The highest BCUT2D eigenvalue weighted by Gasteiger charge is 2.33. The summed E-state index contributed by atoms with van der Waals surface area (Å²) in [4.78, 5) is 33.9. The van der Waals surface area contributed by atoms with Crippen LogP contribution >= 0.6 is 11.3 Å². The Bertz CT molecular complexity index is 1080. The van der Waals surface area contributed by atoms with Gasteiger partial charge < -0.3 is 25.7 Å². The summed E-state index contributed by atoms with van der Waals surface area (Å²) in [5, 5.41) is 31.3. The minimum Gasteiger partial charge on any atom is -0.390 e. The number of hydrogen-bond donors (Lipinski definition) is 4. The second-order valence-corrected chi connectivity index (χ2v) is 12.6. The normalized spacial score (nSPS) is 18.4.